The maximum atomic E-state index is 12.9. The zero-order valence-corrected chi connectivity index (χ0v) is 19.1. The number of nitrogens with zero attached hydrogens (tertiary/aromatic N) is 5. The van der Waals surface area contributed by atoms with Gasteiger partial charge in [0, 0.05) is 16.8 Å². The molecule has 174 valence electrons. The molecular formula is C25H19ClN6O3. The summed E-state index contributed by atoms with van der Waals surface area (Å²) in [4.78, 5) is 30.2. The van der Waals surface area contributed by atoms with Crippen molar-refractivity contribution in [3.63, 3.8) is 0 Å². The number of nitrogens with one attached hydrogen (secondary N) is 1. The van der Waals surface area contributed by atoms with Crippen LogP contribution in [0.2, 0.25) is 5.02 Å². The van der Waals surface area contributed by atoms with E-state index in [1.165, 1.54) is 9.96 Å². The largest absolute Gasteiger partial charge is 0.350 e. The summed E-state index contributed by atoms with van der Waals surface area (Å²) in [7, 11) is 0. The Kier molecular flexibility index (Phi) is 5.18. The Morgan fingerprint density at radius 3 is 2.80 bits per heavy atom. The fourth-order valence-electron chi connectivity index (χ4n) is 4.44. The fraction of sp³-hybridized carbons (Fsp3) is 0.160. The second kappa shape index (κ2) is 8.52. The maximum Gasteiger partial charge on any atom is 0.350 e. The minimum Gasteiger partial charge on any atom is -0.348 e. The van der Waals surface area contributed by atoms with E-state index in [4.69, 9.17) is 16.1 Å². The third kappa shape index (κ3) is 3.89. The van der Waals surface area contributed by atoms with Crippen LogP contribution < -0.4 is 11.0 Å². The summed E-state index contributed by atoms with van der Waals surface area (Å²) < 4.78 is 7.96. The van der Waals surface area contributed by atoms with Crippen molar-refractivity contribution in [3.8, 4) is 22.8 Å². The molecule has 3 heterocycles. The van der Waals surface area contributed by atoms with Crippen molar-refractivity contribution in [2.75, 3.05) is 0 Å². The lowest BCUT2D eigenvalue weighted by atomic mass is 10.1. The quantitative estimate of drug-likeness (QED) is 0.406. The number of carbonyl (C=O) groups is 1. The van der Waals surface area contributed by atoms with Crippen molar-refractivity contribution in [2.24, 2.45) is 0 Å². The lowest BCUT2D eigenvalue weighted by Gasteiger charge is -2.13. The summed E-state index contributed by atoms with van der Waals surface area (Å²) >= 11 is 5.95. The van der Waals surface area contributed by atoms with Crippen LogP contribution in [0.3, 0.4) is 0 Å². The van der Waals surface area contributed by atoms with Crippen molar-refractivity contribution < 1.29 is 9.32 Å². The van der Waals surface area contributed by atoms with Crippen molar-refractivity contribution in [1.82, 2.24) is 29.6 Å². The lowest BCUT2D eigenvalue weighted by molar-refractivity contribution is -0.122. The Morgan fingerprint density at radius 1 is 1.11 bits per heavy atom. The number of rotatable bonds is 5. The first-order valence-electron chi connectivity index (χ1n) is 11.1. The van der Waals surface area contributed by atoms with Crippen LogP contribution in [0, 0.1) is 0 Å². The van der Waals surface area contributed by atoms with Crippen LogP contribution in [-0.4, -0.2) is 30.2 Å². The molecule has 0 fully saturated rings. The molecule has 0 radical (unpaired) electrons. The van der Waals surface area contributed by atoms with Crippen LogP contribution >= 0.6 is 11.6 Å². The molecule has 1 unspecified atom stereocenters. The molecule has 2 aromatic carbocycles. The normalized spacial score (nSPS) is 14.8. The van der Waals surface area contributed by atoms with Gasteiger partial charge in [0.25, 0.3) is 5.89 Å². The Bertz CT molecular complexity index is 1620. The van der Waals surface area contributed by atoms with Gasteiger partial charge in [0.2, 0.25) is 11.7 Å². The monoisotopic (exact) mass is 486 g/mol. The maximum absolute atomic E-state index is 12.9. The topological polar surface area (TPSA) is 107 Å². The Hall–Kier alpha value is -4.24. The first kappa shape index (κ1) is 21.3. The second-order valence-corrected chi connectivity index (χ2v) is 8.78. The van der Waals surface area contributed by atoms with E-state index in [1.54, 1.807) is 42.6 Å². The predicted molar refractivity (Wildman–Crippen MR) is 129 cm³/mol. The molecule has 1 amide bonds. The summed E-state index contributed by atoms with van der Waals surface area (Å²) in [6.07, 6.45) is 3.34. The van der Waals surface area contributed by atoms with E-state index < -0.39 is 5.69 Å². The highest BCUT2D eigenvalue weighted by molar-refractivity contribution is 6.30. The average molecular weight is 487 g/mol. The molecule has 1 N–H and O–H groups in total. The zero-order valence-electron chi connectivity index (χ0n) is 18.4. The van der Waals surface area contributed by atoms with E-state index in [9.17, 15) is 9.59 Å². The van der Waals surface area contributed by atoms with Crippen LogP contribution in [0.5, 0.6) is 0 Å². The van der Waals surface area contributed by atoms with Gasteiger partial charge in [-0.25, -0.2) is 13.9 Å². The predicted octanol–water partition coefficient (Wildman–Crippen LogP) is 3.67. The SMILES string of the molecule is O=C(Cn1nc2c(-c3nc(-c4ccc(Cl)cc4)no3)cccn2c1=O)NC1CCc2ccccc21. The molecule has 0 aliphatic heterocycles. The van der Waals surface area contributed by atoms with E-state index >= 15 is 0 Å². The van der Waals surface area contributed by atoms with E-state index in [0.29, 0.717) is 22.1 Å². The summed E-state index contributed by atoms with van der Waals surface area (Å²) in [6, 6.07) is 18.5. The number of fused-ring (bicyclic) bond motifs is 2. The highest BCUT2D eigenvalue weighted by atomic mass is 35.5. The number of aromatic nitrogens is 5. The van der Waals surface area contributed by atoms with Gasteiger partial charge in [0.05, 0.1) is 11.6 Å². The fourth-order valence-corrected chi connectivity index (χ4v) is 4.57. The van der Waals surface area contributed by atoms with E-state index in [2.05, 4.69) is 26.6 Å². The molecule has 0 saturated carbocycles. The van der Waals surface area contributed by atoms with E-state index in [0.717, 1.165) is 28.7 Å². The van der Waals surface area contributed by atoms with Gasteiger partial charge in [-0.3, -0.25) is 4.79 Å². The number of carbonyl (C=O) groups excluding carboxylic acids is 1. The molecule has 1 atom stereocenters. The van der Waals surface area contributed by atoms with Gasteiger partial charge in [-0.05, 0) is 60.4 Å². The second-order valence-electron chi connectivity index (χ2n) is 8.34. The molecule has 1 aliphatic carbocycles. The van der Waals surface area contributed by atoms with Gasteiger partial charge in [0.15, 0.2) is 5.65 Å². The number of hydrogen-bond donors (Lipinski definition) is 1. The smallest absolute Gasteiger partial charge is 0.348 e. The number of pyridine rings is 1. The number of hydrogen-bond acceptors (Lipinski definition) is 6. The standard InChI is InChI=1S/C25H19ClN6O3/c26-17-10-7-16(8-11-17)22-28-24(35-30-22)19-6-3-13-31-23(19)29-32(25(31)34)14-21(33)27-20-12-9-15-4-1-2-5-18(15)20/h1-8,10-11,13,20H,9,12,14H2,(H,27,33). The van der Waals surface area contributed by atoms with Crippen LogP contribution in [0.25, 0.3) is 28.5 Å². The number of aryl methyl sites for hydroxylation is 1. The third-order valence-corrected chi connectivity index (χ3v) is 6.38. The summed E-state index contributed by atoms with van der Waals surface area (Å²) in [5.74, 6) is 0.322. The summed E-state index contributed by atoms with van der Waals surface area (Å²) in [5.41, 5.74) is 3.48. The third-order valence-electron chi connectivity index (χ3n) is 6.13. The molecule has 10 heteroatoms. The van der Waals surface area contributed by atoms with Gasteiger partial charge < -0.3 is 9.84 Å². The molecule has 3 aromatic heterocycles. The molecule has 0 spiro atoms. The van der Waals surface area contributed by atoms with Crippen LogP contribution in [0.1, 0.15) is 23.6 Å². The lowest BCUT2D eigenvalue weighted by Crippen LogP contribution is -2.34. The van der Waals surface area contributed by atoms with Crippen LogP contribution in [-0.2, 0) is 17.8 Å². The minimum atomic E-state index is -0.429. The van der Waals surface area contributed by atoms with Gasteiger partial charge in [0.1, 0.15) is 6.54 Å². The van der Waals surface area contributed by atoms with Gasteiger partial charge in [-0.1, -0.05) is 41.0 Å². The van der Waals surface area contributed by atoms with E-state index in [-0.39, 0.29) is 24.4 Å². The van der Waals surface area contributed by atoms with Gasteiger partial charge in [-0.15, -0.1) is 5.10 Å². The highest BCUT2D eigenvalue weighted by Crippen LogP contribution is 2.30. The summed E-state index contributed by atoms with van der Waals surface area (Å²) in [6.45, 7) is -0.196. The van der Waals surface area contributed by atoms with Crippen molar-refractivity contribution in [2.45, 2.75) is 25.4 Å². The molecule has 0 bridgehead atoms. The first-order valence-corrected chi connectivity index (χ1v) is 11.5. The average Bonchev–Trinajstić information content (AvgIpc) is 3.59. The van der Waals surface area contributed by atoms with Crippen molar-refractivity contribution in [1.29, 1.82) is 0 Å². The van der Waals surface area contributed by atoms with Crippen molar-refractivity contribution in [3.05, 3.63) is 93.5 Å². The molecule has 5 aromatic rings. The summed E-state index contributed by atoms with van der Waals surface area (Å²) in [5, 5.41) is 12.1. The van der Waals surface area contributed by atoms with Crippen molar-refractivity contribution >= 4 is 23.2 Å². The molecule has 6 rings (SSSR count). The van der Waals surface area contributed by atoms with Gasteiger partial charge in [-0.2, -0.15) is 4.98 Å². The molecular weight excluding hydrogens is 468 g/mol. The molecule has 9 nitrogen and oxygen atoms in total. The Balaban J connectivity index is 1.27. The molecule has 0 saturated heterocycles. The number of benzene rings is 2. The van der Waals surface area contributed by atoms with Crippen LogP contribution in [0.15, 0.2) is 76.2 Å². The van der Waals surface area contributed by atoms with Crippen LogP contribution in [0.4, 0.5) is 0 Å². The molecule has 35 heavy (non-hydrogen) atoms. The first-order chi connectivity index (χ1) is 17.1. The zero-order chi connectivity index (χ0) is 23.9. The minimum absolute atomic E-state index is 0.0633. The highest BCUT2D eigenvalue weighted by Gasteiger charge is 2.24. The van der Waals surface area contributed by atoms with E-state index in [1.807, 2.05) is 18.2 Å². The van der Waals surface area contributed by atoms with Gasteiger partial charge >= 0.3 is 5.69 Å². The Labute approximate surface area is 204 Å². The number of halogens is 1. The number of amides is 1. The Morgan fingerprint density at radius 2 is 1.94 bits per heavy atom. The molecule has 1 aliphatic rings.